The van der Waals surface area contributed by atoms with Gasteiger partial charge < -0.3 is 5.32 Å². The van der Waals surface area contributed by atoms with E-state index in [2.05, 4.69) is 5.32 Å². The number of alkyl halides is 3. The Bertz CT molecular complexity index is 1870. The van der Waals surface area contributed by atoms with Crippen molar-refractivity contribution in [3.8, 4) is 0 Å². The van der Waals surface area contributed by atoms with Crippen molar-refractivity contribution in [3.63, 3.8) is 0 Å². The van der Waals surface area contributed by atoms with E-state index in [9.17, 15) is 42.5 Å². The number of fused-ring (bicyclic) bond motifs is 2. The molecule has 2 aliphatic rings. The molecular formula is C29H19F3N4O6S2. The molecule has 3 heterocycles. The van der Waals surface area contributed by atoms with Crippen LogP contribution >= 0.6 is 23.1 Å². The van der Waals surface area contributed by atoms with E-state index in [4.69, 9.17) is 0 Å². The zero-order valence-electron chi connectivity index (χ0n) is 22.2. The Labute approximate surface area is 254 Å². The number of nitrogens with one attached hydrogen (secondary N) is 1. The molecule has 224 valence electrons. The molecule has 10 nitrogen and oxygen atoms in total. The molecule has 3 aromatic carbocycles. The fraction of sp³-hybridized carbons (Fsp3) is 0.172. The molecule has 0 radical (unpaired) electrons. The van der Waals surface area contributed by atoms with Crippen LogP contribution in [0.5, 0.6) is 0 Å². The maximum absolute atomic E-state index is 13.9. The van der Waals surface area contributed by atoms with E-state index in [0.29, 0.717) is 15.5 Å². The summed E-state index contributed by atoms with van der Waals surface area (Å²) in [6.45, 7) is -0.541. The second-order valence-electron chi connectivity index (χ2n) is 9.99. The monoisotopic (exact) mass is 640 g/mol. The second kappa shape index (κ2) is 11.1. The van der Waals surface area contributed by atoms with E-state index in [-0.39, 0.29) is 17.1 Å². The molecule has 2 aliphatic heterocycles. The van der Waals surface area contributed by atoms with Crippen molar-refractivity contribution in [2.45, 2.75) is 28.9 Å². The Morgan fingerprint density at radius 1 is 0.955 bits per heavy atom. The number of non-ortho nitro benzene ring substituents is 1. The number of anilines is 2. The lowest BCUT2D eigenvalue weighted by molar-refractivity contribution is -0.384. The Morgan fingerprint density at radius 3 is 2.32 bits per heavy atom. The molecule has 1 N–H and O–H groups in total. The quantitative estimate of drug-likeness (QED) is 0.173. The summed E-state index contributed by atoms with van der Waals surface area (Å²) in [5.41, 5.74) is -0.440. The molecule has 15 heteroatoms. The molecule has 44 heavy (non-hydrogen) atoms. The summed E-state index contributed by atoms with van der Waals surface area (Å²) in [6.07, 6.45) is -4.61. The van der Waals surface area contributed by atoms with Gasteiger partial charge in [-0.15, -0.1) is 0 Å². The summed E-state index contributed by atoms with van der Waals surface area (Å²) in [6, 6.07) is 17.9. The zero-order valence-corrected chi connectivity index (χ0v) is 23.8. The topological polar surface area (TPSA) is 132 Å². The van der Waals surface area contributed by atoms with Crippen LogP contribution in [0.4, 0.5) is 30.2 Å². The minimum Gasteiger partial charge on any atom is -0.325 e. The van der Waals surface area contributed by atoms with Crippen molar-refractivity contribution in [1.29, 1.82) is 0 Å². The smallest absolute Gasteiger partial charge is 0.325 e. The molecule has 0 saturated carbocycles. The summed E-state index contributed by atoms with van der Waals surface area (Å²) in [5.74, 6) is -3.50. The second-order valence-corrected chi connectivity index (χ2v) is 12.1. The van der Waals surface area contributed by atoms with E-state index in [1.165, 1.54) is 30.3 Å². The Balaban J connectivity index is 1.36. The number of thioether (sulfide) groups is 1. The highest BCUT2D eigenvalue weighted by Gasteiger charge is 2.56. The lowest BCUT2D eigenvalue weighted by Gasteiger charge is -2.30. The predicted molar refractivity (Wildman–Crippen MR) is 156 cm³/mol. The summed E-state index contributed by atoms with van der Waals surface area (Å²) < 4.78 is 40.6. The van der Waals surface area contributed by atoms with Gasteiger partial charge in [-0.25, -0.2) is 4.90 Å². The number of nitro groups is 1. The standard InChI is InChI=1S/C29H19F3N4O6S2/c30-29(31,32)16-7-4-8-17(13-16)33-20(37)14-34-27-24(44-28(34)40)21(15-5-2-1-3-6-15)22-23(43-27)26(39)35(25(22)38)18-9-11-19(12-10-18)36(41)42/h1-13,21-23H,14H2,(H,33,37)/t21-,22+,23-/m0/s1. The molecule has 4 aromatic rings. The third-order valence-corrected chi connectivity index (χ3v) is 9.91. The van der Waals surface area contributed by atoms with Crippen LogP contribution in [0.25, 0.3) is 0 Å². The third-order valence-electron chi connectivity index (χ3n) is 7.30. The fourth-order valence-electron chi connectivity index (χ4n) is 5.37. The van der Waals surface area contributed by atoms with Crippen LogP contribution in [0.3, 0.4) is 0 Å². The van der Waals surface area contributed by atoms with Crippen LogP contribution in [-0.4, -0.2) is 32.5 Å². The highest BCUT2D eigenvalue weighted by Crippen LogP contribution is 2.53. The number of hydrogen-bond donors (Lipinski definition) is 1. The number of imide groups is 1. The highest BCUT2D eigenvalue weighted by atomic mass is 32.2. The van der Waals surface area contributed by atoms with Crippen molar-refractivity contribution in [3.05, 3.63) is 115 Å². The number of rotatable bonds is 6. The average molecular weight is 641 g/mol. The van der Waals surface area contributed by atoms with Crippen molar-refractivity contribution in [2.24, 2.45) is 5.92 Å². The van der Waals surface area contributed by atoms with Crippen molar-refractivity contribution in [2.75, 3.05) is 10.2 Å². The number of aromatic nitrogens is 1. The third kappa shape index (κ3) is 5.17. The van der Waals surface area contributed by atoms with Crippen LogP contribution in [0.1, 0.15) is 21.9 Å². The summed E-state index contributed by atoms with van der Waals surface area (Å²) >= 11 is 1.80. The van der Waals surface area contributed by atoms with E-state index in [0.717, 1.165) is 50.8 Å². The first kappa shape index (κ1) is 29.3. The van der Waals surface area contributed by atoms with Crippen LogP contribution < -0.4 is 15.1 Å². The van der Waals surface area contributed by atoms with Gasteiger partial charge in [0, 0.05) is 28.6 Å². The van der Waals surface area contributed by atoms with Crippen molar-refractivity contribution >= 4 is 57.9 Å². The highest BCUT2D eigenvalue weighted by molar-refractivity contribution is 8.00. The first-order chi connectivity index (χ1) is 20.9. The molecule has 1 fully saturated rings. The van der Waals surface area contributed by atoms with Gasteiger partial charge >= 0.3 is 11.0 Å². The first-order valence-corrected chi connectivity index (χ1v) is 14.7. The minimum absolute atomic E-state index is 0.104. The summed E-state index contributed by atoms with van der Waals surface area (Å²) in [5, 5.41) is 12.8. The van der Waals surface area contributed by atoms with E-state index in [1.54, 1.807) is 30.3 Å². The van der Waals surface area contributed by atoms with Crippen LogP contribution in [0, 0.1) is 16.0 Å². The Kier molecular flexibility index (Phi) is 7.37. The molecule has 1 aromatic heterocycles. The van der Waals surface area contributed by atoms with Gasteiger partial charge in [-0.1, -0.05) is 59.5 Å². The number of nitro benzene ring substituents is 1. The van der Waals surface area contributed by atoms with Gasteiger partial charge in [0.1, 0.15) is 11.8 Å². The van der Waals surface area contributed by atoms with Gasteiger partial charge in [-0.2, -0.15) is 13.2 Å². The number of amides is 3. The van der Waals surface area contributed by atoms with Gasteiger partial charge in [-0.3, -0.25) is 33.9 Å². The van der Waals surface area contributed by atoms with Crippen molar-refractivity contribution in [1.82, 2.24) is 4.57 Å². The largest absolute Gasteiger partial charge is 0.416 e. The SMILES string of the molecule is O=C(Cn1c2c(sc1=O)[C@@H](c1ccccc1)[C@H]1C(=O)N(c3ccc([N+](=O)[O-])cc3)C(=O)[C@H]1S2)Nc1cccc(C(F)(F)F)c1. The van der Waals surface area contributed by atoms with Gasteiger partial charge in [0.05, 0.1) is 27.1 Å². The van der Waals surface area contributed by atoms with Gasteiger partial charge in [-0.05, 0) is 35.9 Å². The molecule has 6 rings (SSSR count). The zero-order chi connectivity index (χ0) is 31.3. The molecule has 0 spiro atoms. The number of halogens is 3. The van der Waals surface area contributed by atoms with E-state index >= 15 is 0 Å². The van der Waals surface area contributed by atoms with Crippen LogP contribution in [0.15, 0.2) is 88.7 Å². The number of hydrogen-bond acceptors (Lipinski definition) is 8. The van der Waals surface area contributed by atoms with Gasteiger partial charge in [0.25, 0.3) is 5.69 Å². The summed E-state index contributed by atoms with van der Waals surface area (Å²) in [7, 11) is 0. The maximum atomic E-state index is 13.9. The predicted octanol–water partition coefficient (Wildman–Crippen LogP) is 5.27. The number of carbonyl (C=O) groups excluding carboxylic acids is 3. The molecule has 0 bridgehead atoms. The molecule has 0 aliphatic carbocycles. The fourth-order valence-corrected chi connectivity index (χ4v) is 8.14. The molecule has 3 atom stereocenters. The molecule has 1 saturated heterocycles. The number of benzene rings is 3. The number of thiazole rings is 1. The first-order valence-electron chi connectivity index (χ1n) is 13.0. The Morgan fingerprint density at radius 2 is 1.66 bits per heavy atom. The lowest BCUT2D eigenvalue weighted by atomic mass is 9.83. The van der Waals surface area contributed by atoms with E-state index in [1.807, 2.05) is 0 Å². The maximum Gasteiger partial charge on any atom is 0.416 e. The average Bonchev–Trinajstić information content (AvgIpc) is 3.43. The van der Waals surface area contributed by atoms with Crippen molar-refractivity contribution < 1.29 is 32.5 Å². The normalized spacial score (nSPS) is 19.4. The van der Waals surface area contributed by atoms with Gasteiger partial charge in [0.15, 0.2) is 0 Å². The minimum atomic E-state index is -4.61. The molecular weight excluding hydrogens is 621 g/mol. The van der Waals surface area contributed by atoms with Crippen LogP contribution in [0.2, 0.25) is 0 Å². The molecule has 0 unspecified atom stereocenters. The van der Waals surface area contributed by atoms with Crippen LogP contribution in [-0.2, 0) is 27.1 Å². The summed E-state index contributed by atoms with van der Waals surface area (Å²) in [4.78, 5) is 65.2. The molecule has 3 amide bonds. The van der Waals surface area contributed by atoms with E-state index < -0.39 is 62.9 Å². The lowest BCUT2D eigenvalue weighted by Crippen LogP contribution is -2.33. The van der Waals surface area contributed by atoms with Gasteiger partial charge in [0.2, 0.25) is 17.7 Å². The number of carbonyl (C=O) groups is 3. The number of nitrogens with zero attached hydrogens (tertiary/aromatic N) is 3. The Hall–Kier alpha value is -4.76.